The van der Waals surface area contributed by atoms with E-state index < -0.39 is 12.1 Å². The van der Waals surface area contributed by atoms with Crippen molar-refractivity contribution in [2.24, 2.45) is 0 Å². The van der Waals surface area contributed by atoms with E-state index >= 15 is 0 Å². The van der Waals surface area contributed by atoms with Gasteiger partial charge in [0, 0.05) is 6.92 Å². The second-order valence-corrected chi connectivity index (χ2v) is 0.860. The van der Waals surface area contributed by atoms with Gasteiger partial charge in [-0.15, -0.1) is 0 Å². The summed E-state index contributed by atoms with van der Waals surface area (Å²) in [6.45, 7) is 1.02. The molecule has 42 valence electrons. The second kappa shape index (κ2) is 5.08. The predicted octanol–water partition coefficient (Wildman–Crippen LogP) is -2.66. The molecule has 4 nitrogen and oxygen atoms in total. The Morgan fingerprint density at radius 3 is 2.00 bits per heavy atom. The summed E-state index contributed by atoms with van der Waals surface area (Å²) in [6, 6.07) is 0. The molecule has 0 unspecified atom stereocenters. The van der Waals surface area contributed by atoms with Gasteiger partial charge in [0.1, 0.15) is 0 Å². The number of esters is 1. The van der Waals surface area contributed by atoms with Gasteiger partial charge >= 0.3 is 41.7 Å². The van der Waals surface area contributed by atoms with E-state index in [1.54, 1.807) is 0 Å². The van der Waals surface area contributed by atoms with Gasteiger partial charge in [-0.3, -0.25) is 4.79 Å². The third-order valence-electron chi connectivity index (χ3n) is 0.231. The summed E-state index contributed by atoms with van der Waals surface area (Å²) in [5, 5.41) is 7.64. The molecule has 0 radical (unpaired) electrons. The first-order chi connectivity index (χ1) is 3.13. The average molecular weight is 128 g/mol. The predicted molar refractivity (Wildman–Crippen MR) is 20.9 cm³/mol. The van der Waals surface area contributed by atoms with Gasteiger partial charge in [-0.1, -0.05) is 0 Å². The number of hydrogen-bond donors (Lipinski definition) is 1. The van der Waals surface area contributed by atoms with Crippen molar-refractivity contribution in [1.29, 1.82) is 0 Å². The SMILES string of the molecule is CC(=O)OC(=O)O.[H-].[Na+]. The number of ether oxygens (including phenoxy) is 1. The number of hydrogen-bond acceptors (Lipinski definition) is 3. The molecule has 0 aliphatic rings. The molecular weight excluding hydrogens is 123 g/mol. The number of carboxylic acid groups (broad SMARTS) is 1. The van der Waals surface area contributed by atoms with E-state index in [1.165, 1.54) is 0 Å². The van der Waals surface area contributed by atoms with Crippen molar-refractivity contribution in [1.82, 2.24) is 0 Å². The van der Waals surface area contributed by atoms with Crippen molar-refractivity contribution in [2.45, 2.75) is 6.92 Å². The molecule has 0 bridgehead atoms. The molecule has 0 atom stereocenters. The fraction of sp³-hybridized carbons (Fsp3) is 0.333. The first-order valence-electron chi connectivity index (χ1n) is 1.54. The summed E-state index contributed by atoms with van der Waals surface area (Å²) in [4.78, 5) is 19.0. The summed E-state index contributed by atoms with van der Waals surface area (Å²) in [7, 11) is 0. The molecule has 0 saturated heterocycles. The Morgan fingerprint density at radius 2 is 2.00 bits per heavy atom. The molecule has 8 heavy (non-hydrogen) atoms. The van der Waals surface area contributed by atoms with Crippen LogP contribution in [-0.4, -0.2) is 17.2 Å². The first-order valence-corrected chi connectivity index (χ1v) is 1.54. The molecule has 0 fully saturated rings. The van der Waals surface area contributed by atoms with Crippen LogP contribution in [0.1, 0.15) is 8.35 Å². The van der Waals surface area contributed by atoms with Crippen molar-refractivity contribution >= 4 is 12.1 Å². The summed E-state index contributed by atoms with van der Waals surface area (Å²) >= 11 is 0. The van der Waals surface area contributed by atoms with Gasteiger partial charge in [0.15, 0.2) is 0 Å². The minimum atomic E-state index is -1.56. The largest absolute Gasteiger partial charge is 1.00 e. The summed E-state index contributed by atoms with van der Waals surface area (Å²) in [5.41, 5.74) is 0. The Morgan fingerprint density at radius 1 is 1.62 bits per heavy atom. The first kappa shape index (κ1) is 10.8. The van der Waals surface area contributed by atoms with Gasteiger partial charge in [0.05, 0.1) is 0 Å². The van der Waals surface area contributed by atoms with E-state index in [4.69, 9.17) is 5.11 Å². The van der Waals surface area contributed by atoms with Gasteiger partial charge < -0.3 is 11.3 Å². The van der Waals surface area contributed by atoms with Gasteiger partial charge in [-0.25, -0.2) is 4.79 Å². The molecule has 0 rings (SSSR count). The topological polar surface area (TPSA) is 63.6 Å². The zero-order valence-corrected chi connectivity index (χ0v) is 6.67. The van der Waals surface area contributed by atoms with Crippen LogP contribution in [0, 0.1) is 0 Å². The van der Waals surface area contributed by atoms with Crippen LogP contribution in [0.5, 0.6) is 0 Å². The van der Waals surface area contributed by atoms with Crippen LogP contribution in [-0.2, 0) is 9.53 Å². The monoisotopic (exact) mass is 128 g/mol. The Bertz CT molecular complexity index is 92.0. The minimum absolute atomic E-state index is 0. The van der Waals surface area contributed by atoms with E-state index in [0.717, 1.165) is 6.92 Å². The minimum Gasteiger partial charge on any atom is -1.00 e. The van der Waals surface area contributed by atoms with Crippen molar-refractivity contribution in [2.75, 3.05) is 0 Å². The Hall–Kier alpha value is -0.0600. The summed E-state index contributed by atoms with van der Waals surface area (Å²) in [5.74, 6) is -0.812. The van der Waals surface area contributed by atoms with Crippen LogP contribution >= 0.6 is 0 Å². The van der Waals surface area contributed by atoms with Crippen LogP contribution in [0.15, 0.2) is 0 Å². The Balaban J connectivity index is -0.000000180. The quantitative estimate of drug-likeness (QED) is 0.220. The van der Waals surface area contributed by atoms with E-state index in [-0.39, 0.29) is 31.0 Å². The molecular formula is C3H5NaO4. The fourth-order valence-corrected chi connectivity index (χ4v) is 0.123. The maximum atomic E-state index is 9.65. The van der Waals surface area contributed by atoms with E-state index in [9.17, 15) is 9.59 Å². The molecule has 0 aliphatic heterocycles. The number of carbonyl (C=O) groups is 2. The van der Waals surface area contributed by atoms with E-state index in [0.29, 0.717) is 0 Å². The summed E-state index contributed by atoms with van der Waals surface area (Å²) in [6.07, 6.45) is -1.56. The standard InChI is InChI=1S/C3H4O4.Na.H/c1-2(4)7-3(5)6;;/h1H3,(H,5,6);;/q;+1;-1. The molecule has 0 saturated carbocycles. The Labute approximate surface area is 69.6 Å². The fourth-order valence-electron chi connectivity index (χ4n) is 0.123. The normalized spacial score (nSPS) is 6.62. The van der Waals surface area contributed by atoms with E-state index in [2.05, 4.69) is 4.74 Å². The molecule has 0 heterocycles. The maximum absolute atomic E-state index is 9.65. The van der Waals surface area contributed by atoms with Gasteiger partial charge in [-0.2, -0.15) is 0 Å². The van der Waals surface area contributed by atoms with Crippen LogP contribution < -0.4 is 29.6 Å². The molecule has 0 spiro atoms. The van der Waals surface area contributed by atoms with Crippen molar-refractivity contribution in [3.63, 3.8) is 0 Å². The second-order valence-electron chi connectivity index (χ2n) is 0.860. The molecule has 0 aromatic carbocycles. The third kappa shape index (κ3) is 9.34. The Kier molecular flexibility index (Phi) is 6.89. The zero-order valence-electron chi connectivity index (χ0n) is 5.67. The van der Waals surface area contributed by atoms with Crippen molar-refractivity contribution in [3.8, 4) is 0 Å². The van der Waals surface area contributed by atoms with Crippen LogP contribution in [0.25, 0.3) is 0 Å². The van der Waals surface area contributed by atoms with E-state index in [1.807, 2.05) is 0 Å². The van der Waals surface area contributed by atoms with Crippen LogP contribution in [0.3, 0.4) is 0 Å². The molecule has 1 N–H and O–H groups in total. The van der Waals surface area contributed by atoms with Gasteiger partial charge in [0.2, 0.25) is 0 Å². The van der Waals surface area contributed by atoms with Crippen LogP contribution in [0.4, 0.5) is 4.79 Å². The third-order valence-corrected chi connectivity index (χ3v) is 0.231. The molecule has 5 heteroatoms. The van der Waals surface area contributed by atoms with Crippen molar-refractivity contribution in [3.05, 3.63) is 0 Å². The summed E-state index contributed by atoms with van der Waals surface area (Å²) < 4.78 is 3.53. The number of carbonyl (C=O) groups excluding carboxylic acids is 1. The van der Waals surface area contributed by atoms with Gasteiger partial charge in [0.25, 0.3) is 0 Å². The van der Waals surface area contributed by atoms with Crippen LogP contribution in [0.2, 0.25) is 0 Å². The average Bonchev–Trinajstić information content (AvgIpc) is 1.27. The maximum Gasteiger partial charge on any atom is 1.00 e. The zero-order chi connectivity index (χ0) is 5.86. The van der Waals surface area contributed by atoms with Crippen molar-refractivity contribution < 1.29 is 50.4 Å². The molecule has 0 aromatic heterocycles. The number of rotatable bonds is 0. The van der Waals surface area contributed by atoms with Gasteiger partial charge in [-0.05, 0) is 0 Å². The molecule has 0 amide bonds. The molecule has 0 aliphatic carbocycles. The smallest absolute Gasteiger partial charge is 1.00 e. The molecule has 0 aromatic rings.